The summed E-state index contributed by atoms with van der Waals surface area (Å²) in [5.41, 5.74) is 4.08. The van der Waals surface area contributed by atoms with E-state index in [-0.39, 0.29) is 30.4 Å². The van der Waals surface area contributed by atoms with Crippen LogP contribution in [0, 0.1) is 6.92 Å². The van der Waals surface area contributed by atoms with Gasteiger partial charge in [0.25, 0.3) is 0 Å². The number of allylic oxidation sites excluding steroid dienone is 1. The van der Waals surface area contributed by atoms with Crippen molar-refractivity contribution in [3.8, 4) is 0 Å². The lowest BCUT2D eigenvalue weighted by molar-refractivity contribution is -0.143. The van der Waals surface area contributed by atoms with Gasteiger partial charge in [0.1, 0.15) is 0 Å². The van der Waals surface area contributed by atoms with Gasteiger partial charge in [-0.2, -0.15) is 0 Å². The number of thioether (sulfide) groups is 1. The summed E-state index contributed by atoms with van der Waals surface area (Å²) in [5, 5.41) is 5.56. The Morgan fingerprint density at radius 2 is 1.93 bits per heavy atom. The van der Waals surface area contributed by atoms with E-state index in [1.165, 1.54) is 11.8 Å². The molecule has 7 heteroatoms. The van der Waals surface area contributed by atoms with Gasteiger partial charge in [-0.25, -0.2) is 9.79 Å². The van der Waals surface area contributed by atoms with E-state index in [1.54, 1.807) is 0 Å². The number of carbonyl (C=O) groups excluding carboxylic acids is 2. The summed E-state index contributed by atoms with van der Waals surface area (Å²) in [4.78, 5) is 31.9. The molecule has 6 nitrogen and oxygen atoms in total. The van der Waals surface area contributed by atoms with Crippen molar-refractivity contribution in [3.63, 3.8) is 0 Å². The number of nitrogens with zero attached hydrogens (tertiary/aromatic N) is 2. The fraction of sp³-hybridized carbons (Fsp3) is 0.409. The molecule has 2 aliphatic rings. The van der Waals surface area contributed by atoms with E-state index in [1.807, 2.05) is 69.2 Å². The second kappa shape index (κ2) is 8.86. The van der Waals surface area contributed by atoms with Crippen LogP contribution in [-0.2, 0) is 14.3 Å². The van der Waals surface area contributed by atoms with Gasteiger partial charge in [-0.1, -0.05) is 41.6 Å². The summed E-state index contributed by atoms with van der Waals surface area (Å²) in [6, 6.07) is 7.71. The largest absolute Gasteiger partial charge is 0.459 e. The maximum absolute atomic E-state index is 13.0. The first-order valence-corrected chi connectivity index (χ1v) is 10.7. The Morgan fingerprint density at radius 1 is 1.24 bits per heavy atom. The summed E-state index contributed by atoms with van der Waals surface area (Å²) < 4.78 is 5.54. The molecule has 1 atom stereocenters. The number of esters is 1. The van der Waals surface area contributed by atoms with Crippen molar-refractivity contribution < 1.29 is 14.3 Å². The van der Waals surface area contributed by atoms with Crippen LogP contribution in [-0.4, -0.2) is 34.6 Å². The van der Waals surface area contributed by atoms with Crippen LogP contribution >= 0.6 is 11.8 Å². The Labute approximate surface area is 176 Å². The molecule has 1 aromatic rings. The molecule has 154 valence electrons. The van der Waals surface area contributed by atoms with Gasteiger partial charge in [-0.15, -0.1) is 0 Å². The molecule has 0 aliphatic carbocycles. The zero-order chi connectivity index (χ0) is 21.1. The second-order valence-electron chi connectivity index (χ2n) is 7.39. The Balaban J connectivity index is 2.05. The molecule has 0 aromatic heterocycles. The van der Waals surface area contributed by atoms with Crippen molar-refractivity contribution >= 4 is 28.8 Å². The van der Waals surface area contributed by atoms with Crippen molar-refractivity contribution in [2.45, 2.75) is 53.2 Å². The highest BCUT2D eigenvalue weighted by Gasteiger charge is 2.41. The number of aliphatic imine (C=N–C) groups is 1. The van der Waals surface area contributed by atoms with Crippen LogP contribution < -0.4 is 5.32 Å². The molecule has 0 bridgehead atoms. The molecule has 0 fully saturated rings. The summed E-state index contributed by atoms with van der Waals surface area (Å²) in [6.07, 6.45) is -0.00141. The highest BCUT2D eigenvalue weighted by Crippen LogP contribution is 2.44. The first kappa shape index (κ1) is 21.2. The number of benzene rings is 1. The van der Waals surface area contributed by atoms with Gasteiger partial charge >= 0.3 is 5.97 Å². The van der Waals surface area contributed by atoms with Crippen LogP contribution in [0.15, 0.2) is 51.6 Å². The van der Waals surface area contributed by atoms with Gasteiger partial charge in [-0.05, 0) is 45.6 Å². The lowest BCUT2D eigenvalue weighted by Gasteiger charge is -2.36. The lowest BCUT2D eigenvalue weighted by Crippen LogP contribution is -2.38. The fourth-order valence-electron chi connectivity index (χ4n) is 3.40. The second-order valence-corrected chi connectivity index (χ2v) is 8.22. The quantitative estimate of drug-likeness (QED) is 0.713. The molecule has 1 unspecified atom stereocenters. The third-order valence-electron chi connectivity index (χ3n) is 4.67. The Hall–Kier alpha value is -2.54. The number of carbonyl (C=O) groups is 2. The molecule has 0 saturated heterocycles. The van der Waals surface area contributed by atoms with Gasteiger partial charge in [0.15, 0.2) is 5.17 Å². The SMILES string of the molecule is CCNC(=O)CC1=CSC2=NC(C)=C(C(=O)OC(C)C)C(c3ccc(C)cc3)N12. The number of amidine groups is 1. The third kappa shape index (κ3) is 4.56. The molecule has 0 radical (unpaired) electrons. The zero-order valence-corrected chi connectivity index (χ0v) is 18.3. The number of rotatable bonds is 6. The van der Waals surface area contributed by atoms with Crippen molar-refractivity contribution in [1.82, 2.24) is 10.2 Å². The standard InChI is InChI=1S/C22H27N3O3S/c1-6-23-18(26)11-17-12-29-22-24-15(5)19(21(27)28-13(2)3)20(25(17)22)16-9-7-14(4)8-10-16/h7-10,12-13,20H,6,11H2,1-5H3,(H,23,26). The summed E-state index contributed by atoms with van der Waals surface area (Å²) in [6.45, 7) is 10.00. The van der Waals surface area contributed by atoms with Gasteiger partial charge in [0.2, 0.25) is 5.91 Å². The zero-order valence-electron chi connectivity index (χ0n) is 17.5. The van der Waals surface area contributed by atoms with E-state index in [0.29, 0.717) is 17.8 Å². The maximum Gasteiger partial charge on any atom is 0.338 e. The minimum Gasteiger partial charge on any atom is -0.459 e. The molecule has 1 N–H and O–H groups in total. The molecular formula is C22H27N3O3S. The Morgan fingerprint density at radius 3 is 2.55 bits per heavy atom. The van der Waals surface area contributed by atoms with Crippen molar-refractivity contribution in [1.29, 1.82) is 0 Å². The van der Waals surface area contributed by atoms with E-state index < -0.39 is 0 Å². The van der Waals surface area contributed by atoms with E-state index in [2.05, 4.69) is 10.3 Å². The molecule has 29 heavy (non-hydrogen) atoms. The van der Waals surface area contributed by atoms with Crippen molar-refractivity contribution in [2.24, 2.45) is 4.99 Å². The van der Waals surface area contributed by atoms with Crippen molar-refractivity contribution in [3.05, 3.63) is 57.8 Å². The molecule has 3 rings (SSSR count). The average Bonchev–Trinajstić information content (AvgIpc) is 3.03. The first-order valence-electron chi connectivity index (χ1n) is 9.80. The number of fused-ring (bicyclic) bond motifs is 1. The molecule has 2 heterocycles. The predicted octanol–water partition coefficient (Wildman–Crippen LogP) is 4.05. The Bertz CT molecular complexity index is 900. The molecule has 1 amide bonds. The minimum absolute atomic E-state index is 0.0548. The van der Waals surface area contributed by atoms with E-state index in [9.17, 15) is 9.59 Å². The van der Waals surface area contributed by atoms with Crippen LogP contribution in [0.2, 0.25) is 0 Å². The molecule has 0 saturated carbocycles. The van der Waals surface area contributed by atoms with E-state index in [0.717, 1.165) is 22.0 Å². The number of aryl methyl sites for hydroxylation is 1. The number of amides is 1. The molecule has 1 aromatic carbocycles. The summed E-state index contributed by atoms with van der Waals surface area (Å²) in [5.74, 6) is -0.430. The van der Waals surface area contributed by atoms with Gasteiger partial charge in [0.05, 0.1) is 29.8 Å². The van der Waals surface area contributed by atoms with Gasteiger partial charge < -0.3 is 15.0 Å². The van der Waals surface area contributed by atoms with Crippen LogP contribution in [0.4, 0.5) is 0 Å². The smallest absolute Gasteiger partial charge is 0.338 e. The van der Waals surface area contributed by atoms with Crippen LogP contribution in [0.5, 0.6) is 0 Å². The third-order valence-corrected chi connectivity index (χ3v) is 5.56. The van der Waals surface area contributed by atoms with Crippen LogP contribution in [0.1, 0.15) is 51.3 Å². The van der Waals surface area contributed by atoms with Gasteiger partial charge in [0, 0.05) is 12.2 Å². The topological polar surface area (TPSA) is 71.0 Å². The first-order chi connectivity index (χ1) is 13.8. The summed E-state index contributed by atoms with van der Waals surface area (Å²) in [7, 11) is 0. The highest BCUT2D eigenvalue weighted by atomic mass is 32.2. The van der Waals surface area contributed by atoms with E-state index >= 15 is 0 Å². The van der Waals surface area contributed by atoms with Gasteiger partial charge in [-0.3, -0.25) is 4.79 Å². The van der Waals surface area contributed by atoms with Crippen LogP contribution in [0.25, 0.3) is 0 Å². The highest BCUT2D eigenvalue weighted by molar-refractivity contribution is 8.16. The Kier molecular flexibility index (Phi) is 6.47. The lowest BCUT2D eigenvalue weighted by atomic mass is 9.93. The van der Waals surface area contributed by atoms with Crippen molar-refractivity contribution in [2.75, 3.05) is 6.54 Å². The predicted molar refractivity (Wildman–Crippen MR) is 116 cm³/mol. The number of hydrogen-bond acceptors (Lipinski definition) is 6. The number of hydrogen-bond donors (Lipinski definition) is 1. The summed E-state index contributed by atoms with van der Waals surface area (Å²) >= 11 is 1.48. The van der Waals surface area contributed by atoms with Crippen LogP contribution in [0.3, 0.4) is 0 Å². The number of nitrogens with one attached hydrogen (secondary N) is 1. The van der Waals surface area contributed by atoms with E-state index in [4.69, 9.17) is 4.74 Å². The number of ether oxygens (including phenoxy) is 1. The average molecular weight is 414 g/mol. The molecule has 0 spiro atoms. The fourth-order valence-corrected chi connectivity index (χ4v) is 4.36. The molecule has 2 aliphatic heterocycles. The normalized spacial score (nSPS) is 18.4. The monoisotopic (exact) mass is 413 g/mol. The molecular weight excluding hydrogens is 386 g/mol. The maximum atomic E-state index is 13.0. The minimum atomic E-state index is -0.384.